The molecule has 0 unspecified atom stereocenters. The van der Waals surface area contributed by atoms with Crippen molar-refractivity contribution in [2.45, 2.75) is 63.9 Å². The molecule has 0 spiro atoms. The third-order valence-electron chi connectivity index (χ3n) is 6.60. The second-order valence-corrected chi connectivity index (χ2v) is 8.66. The van der Waals surface area contributed by atoms with E-state index < -0.39 is 5.60 Å². The van der Waals surface area contributed by atoms with Crippen molar-refractivity contribution >= 4 is 0 Å². The molecule has 0 aliphatic carbocycles. The summed E-state index contributed by atoms with van der Waals surface area (Å²) in [5.74, 6) is 0.0332. The maximum Gasteiger partial charge on any atom is 0.0977 e. The Morgan fingerprint density at radius 1 is 0.933 bits per heavy atom. The lowest BCUT2D eigenvalue weighted by Crippen LogP contribution is -2.45. The maximum atomic E-state index is 12.3. The molecule has 1 aliphatic rings. The molecule has 1 N–H and O–H groups in total. The monoisotopic (exact) mass is 409 g/mol. The molecule has 1 heterocycles. The lowest BCUT2D eigenvalue weighted by molar-refractivity contribution is -0.0296. The molecule has 1 saturated heterocycles. The summed E-state index contributed by atoms with van der Waals surface area (Å²) in [7, 11) is 0. The fourth-order valence-electron chi connectivity index (χ4n) is 4.63. The molecule has 1 fully saturated rings. The highest BCUT2D eigenvalue weighted by atomic mass is 16.5. The summed E-state index contributed by atoms with van der Waals surface area (Å²) in [6.07, 6.45) is 6.47. The number of hydrogen-bond acceptors (Lipinski definition) is 3. The second kappa shape index (κ2) is 11.6. The second-order valence-electron chi connectivity index (χ2n) is 8.66. The first-order chi connectivity index (χ1) is 14.7. The van der Waals surface area contributed by atoms with Crippen molar-refractivity contribution in [2.75, 3.05) is 32.8 Å². The van der Waals surface area contributed by atoms with Gasteiger partial charge in [0.25, 0.3) is 0 Å². The van der Waals surface area contributed by atoms with Crippen molar-refractivity contribution in [3.8, 4) is 0 Å². The minimum atomic E-state index is -0.875. The molecule has 0 radical (unpaired) electrons. The lowest BCUT2D eigenvalue weighted by Gasteiger charge is -2.41. The Morgan fingerprint density at radius 3 is 2.27 bits per heavy atom. The van der Waals surface area contributed by atoms with Gasteiger partial charge in [-0.3, -0.25) is 4.90 Å². The predicted molar refractivity (Wildman–Crippen MR) is 125 cm³/mol. The molecule has 2 atom stereocenters. The minimum absolute atomic E-state index is 0.0332. The first kappa shape index (κ1) is 23.0. The number of morpholine rings is 1. The quantitative estimate of drug-likeness (QED) is 0.496. The molecule has 164 valence electrons. The van der Waals surface area contributed by atoms with Crippen LogP contribution >= 0.6 is 0 Å². The number of aryl methyl sites for hydroxylation is 1. The smallest absolute Gasteiger partial charge is 0.0977 e. The Bertz CT molecular complexity index is 724. The van der Waals surface area contributed by atoms with Gasteiger partial charge in [0.1, 0.15) is 0 Å². The first-order valence-corrected chi connectivity index (χ1v) is 11.8. The summed E-state index contributed by atoms with van der Waals surface area (Å²) < 4.78 is 5.57. The molecule has 3 heteroatoms. The molecule has 2 aromatic carbocycles. The van der Waals surface area contributed by atoms with Crippen LogP contribution in [-0.2, 0) is 16.8 Å². The van der Waals surface area contributed by atoms with E-state index in [1.165, 1.54) is 30.4 Å². The van der Waals surface area contributed by atoms with Gasteiger partial charge in [-0.25, -0.2) is 0 Å². The fourth-order valence-corrected chi connectivity index (χ4v) is 4.63. The molecule has 2 aromatic rings. The van der Waals surface area contributed by atoms with Crippen molar-refractivity contribution in [1.29, 1.82) is 0 Å². The van der Waals surface area contributed by atoms with Crippen LogP contribution in [0.5, 0.6) is 0 Å². The van der Waals surface area contributed by atoms with E-state index in [4.69, 9.17) is 4.74 Å². The van der Waals surface area contributed by atoms with Gasteiger partial charge in [-0.15, -0.1) is 0 Å². The number of aliphatic hydroxyl groups is 1. The molecular formula is C27H39NO2. The average Bonchev–Trinajstić information content (AvgIpc) is 2.81. The van der Waals surface area contributed by atoms with Crippen LogP contribution in [-0.4, -0.2) is 42.9 Å². The van der Waals surface area contributed by atoms with Crippen LogP contribution in [0.1, 0.15) is 68.6 Å². The summed E-state index contributed by atoms with van der Waals surface area (Å²) in [6.45, 7) is 8.70. The average molecular weight is 410 g/mol. The van der Waals surface area contributed by atoms with Gasteiger partial charge in [0.15, 0.2) is 0 Å². The van der Waals surface area contributed by atoms with Crippen molar-refractivity contribution in [3.63, 3.8) is 0 Å². The molecule has 3 nitrogen and oxygen atoms in total. The number of rotatable bonds is 11. The summed E-state index contributed by atoms with van der Waals surface area (Å²) >= 11 is 0. The van der Waals surface area contributed by atoms with E-state index in [2.05, 4.69) is 73.3 Å². The minimum Gasteiger partial charge on any atom is -0.384 e. The van der Waals surface area contributed by atoms with Crippen molar-refractivity contribution in [2.24, 2.45) is 0 Å². The first-order valence-electron chi connectivity index (χ1n) is 11.8. The van der Waals surface area contributed by atoms with Crippen LogP contribution in [0.15, 0.2) is 54.6 Å². The van der Waals surface area contributed by atoms with Crippen LogP contribution in [0.3, 0.4) is 0 Å². The zero-order valence-corrected chi connectivity index (χ0v) is 18.9. The highest BCUT2D eigenvalue weighted by molar-refractivity contribution is 5.33. The van der Waals surface area contributed by atoms with Crippen molar-refractivity contribution in [1.82, 2.24) is 4.90 Å². The molecule has 1 aliphatic heterocycles. The van der Waals surface area contributed by atoms with E-state index in [-0.39, 0.29) is 5.92 Å². The number of nitrogens with zero attached hydrogens (tertiary/aromatic N) is 1. The Labute approximate surface area is 183 Å². The van der Waals surface area contributed by atoms with E-state index >= 15 is 0 Å². The normalized spacial score (nSPS) is 18.1. The zero-order valence-electron chi connectivity index (χ0n) is 18.9. The largest absolute Gasteiger partial charge is 0.384 e. The van der Waals surface area contributed by atoms with Gasteiger partial charge in [0.2, 0.25) is 0 Å². The molecule has 0 aromatic heterocycles. The van der Waals surface area contributed by atoms with E-state index in [1.807, 2.05) is 0 Å². The highest BCUT2D eigenvalue weighted by Crippen LogP contribution is 2.42. The molecule has 0 bridgehead atoms. The Hall–Kier alpha value is -1.68. The molecule has 0 saturated carbocycles. The lowest BCUT2D eigenvalue weighted by atomic mass is 9.73. The Balaban J connectivity index is 1.95. The summed E-state index contributed by atoms with van der Waals surface area (Å²) in [5.41, 5.74) is 2.72. The molecule has 30 heavy (non-hydrogen) atoms. The van der Waals surface area contributed by atoms with Gasteiger partial charge in [0, 0.05) is 25.6 Å². The van der Waals surface area contributed by atoms with Crippen LogP contribution in [0.2, 0.25) is 0 Å². The number of hydrogen-bond donors (Lipinski definition) is 1. The maximum absolute atomic E-state index is 12.3. The highest BCUT2D eigenvalue weighted by Gasteiger charge is 2.40. The van der Waals surface area contributed by atoms with Gasteiger partial charge < -0.3 is 9.84 Å². The summed E-state index contributed by atoms with van der Waals surface area (Å²) in [6, 6.07) is 19.3. The van der Waals surface area contributed by atoms with E-state index in [1.54, 1.807) is 0 Å². The third kappa shape index (κ3) is 5.94. The van der Waals surface area contributed by atoms with Crippen molar-refractivity contribution < 1.29 is 9.84 Å². The number of unbranched alkanes of at least 4 members (excludes halogenated alkanes) is 3. The third-order valence-corrected chi connectivity index (χ3v) is 6.60. The van der Waals surface area contributed by atoms with Gasteiger partial charge in [-0.05, 0) is 29.5 Å². The van der Waals surface area contributed by atoms with Gasteiger partial charge in [-0.1, -0.05) is 94.1 Å². The molecule has 0 amide bonds. The fraction of sp³-hybridized carbons (Fsp3) is 0.556. The summed E-state index contributed by atoms with van der Waals surface area (Å²) in [4.78, 5) is 2.46. The standard InChI is InChI=1S/C27H39NO2/c1-3-5-6-10-17-27(29,25-15-13-23(4-2)14-16-25)26(24-11-8-7-9-12-24)22-28-18-20-30-21-19-28/h7-9,11-16,26,29H,3-6,10,17-22H2,1-2H3/t26-,27+/m1/s1. The van der Waals surface area contributed by atoms with Crippen LogP contribution in [0.4, 0.5) is 0 Å². The van der Waals surface area contributed by atoms with Gasteiger partial charge in [0.05, 0.1) is 18.8 Å². The van der Waals surface area contributed by atoms with Crippen LogP contribution in [0, 0.1) is 0 Å². The van der Waals surface area contributed by atoms with E-state index in [0.717, 1.165) is 57.7 Å². The van der Waals surface area contributed by atoms with Gasteiger partial charge >= 0.3 is 0 Å². The number of ether oxygens (including phenoxy) is 1. The topological polar surface area (TPSA) is 32.7 Å². The summed E-state index contributed by atoms with van der Waals surface area (Å²) in [5, 5.41) is 12.3. The van der Waals surface area contributed by atoms with Crippen molar-refractivity contribution in [3.05, 3.63) is 71.3 Å². The Morgan fingerprint density at radius 2 is 1.63 bits per heavy atom. The van der Waals surface area contributed by atoms with E-state index in [0.29, 0.717) is 0 Å². The Kier molecular flexibility index (Phi) is 8.92. The van der Waals surface area contributed by atoms with E-state index in [9.17, 15) is 5.11 Å². The van der Waals surface area contributed by atoms with Gasteiger partial charge in [-0.2, -0.15) is 0 Å². The SMILES string of the molecule is CCCCCC[C@](O)(c1ccc(CC)cc1)[C@H](CN1CCOCC1)c1ccccc1. The van der Waals surface area contributed by atoms with Crippen LogP contribution in [0.25, 0.3) is 0 Å². The predicted octanol–water partition coefficient (Wildman–Crippen LogP) is 5.52. The molecular weight excluding hydrogens is 370 g/mol. The zero-order chi connectivity index (χ0) is 21.2. The number of benzene rings is 2. The van der Waals surface area contributed by atoms with Crippen LogP contribution < -0.4 is 0 Å². The molecule has 3 rings (SSSR count).